The van der Waals surface area contributed by atoms with Gasteiger partial charge < -0.3 is 14.4 Å². The number of rotatable bonds is 8. The van der Waals surface area contributed by atoms with E-state index in [1.54, 1.807) is 19.2 Å². The lowest BCUT2D eigenvalue weighted by molar-refractivity contribution is 0.327. The zero-order chi connectivity index (χ0) is 25.0. The molecule has 1 aliphatic heterocycles. The van der Waals surface area contributed by atoms with Crippen molar-refractivity contribution in [3.63, 3.8) is 0 Å². The standard InChI is InChI=1S/C26H32N4O4S/c1-5-34-24-11-9-20(19(2)3)18-25(24)35(31,32)30-15-13-29(14-16-30)26-12-10-23(27-28-26)21-7-6-8-22(17-21)33-4/h6-12,17-19H,5,13-16H2,1-4H3. The first-order valence-corrected chi connectivity index (χ1v) is 13.3. The molecule has 2 heterocycles. The third-order valence-electron chi connectivity index (χ3n) is 6.13. The van der Waals surface area contributed by atoms with E-state index in [0.29, 0.717) is 38.5 Å². The molecular weight excluding hydrogens is 464 g/mol. The molecule has 9 heteroatoms. The number of nitrogens with zero attached hydrogens (tertiary/aromatic N) is 4. The molecule has 3 aromatic rings. The largest absolute Gasteiger partial charge is 0.497 e. The van der Waals surface area contributed by atoms with Gasteiger partial charge in [-0.25, -0.2) is 8.42 Å². The van der Waals surface area contributed by atoms with E-state index in [0.717, 1.165) is 28.4 Å². The van der Waals surface area contributed by atoms with Crippen molar-refractivity contribution in [2.24, 2.45) is 0 Å². The van der Waals surface area contributed by atoms with Crippen LogP contribution in [0.2, 0.25) is 0 Å². The molecule has 0 bridgehead atoms. The lowest BCUT2D eigenvalue weighted by Gasteiger charge is -2.34. The van der Waals surface area contributed by atoms with Crippen LogP contribution in [0.1, 0.15) is 32.3 Å². The van der Waals surface area contributed by atoms with Crippen LogP contribution in [-0.2, 0) is 10.0 Å². The molecule has 8 nitrogen and oxygen atoms in total. The summed E-state index contributed by atoms with van der Waals surface area (Å²) in [5, 5.41) is 8.77. The van der Waals surface area contributed by atoms with Gasteiger partial charge in [0.25, 0.3) is 0 Å². The van der Waals surface area contributed by atoms with Crippen LogP contribution in [0, 0.1) is 0 Å². The number of methoxy groups -OCH3 is 1. The number of aromatic nitrogens is 2. The van der Waals surface area contributed by atoms with E-state index in [-0.39, 0.29) is 10.8 Å². The maximum Gasteiger partial charge on any atom is 0.246 e. The van der Waals surface area contributed by atoms with Gasteiger partial charge in [0.2, 0.25) is 10.0 Å². The summed E-state index contributed by atoms with van der Waals surface area (Å²) in [6, 6.07) is 17.0. The maximum absolute atomic E-state index is 13.5. The molecule has 0 aliphatic carbocycles. The highest BCUT2D eigenvalue weighted by Gasteiger charge is 2.32. The minimum Gasteiger partial charge on any atom is -0.497 e. The summed E-state index contributed by atoms with van der Waals surface area (Å²) >= 11 is 0. The summed E-state index contributed by atoms with van der Waals surface area (Å²) in [7, 11) is -2.06. The number of hydrogen-bond acceptors (Lipinski definition) is 7. The zero-order valence-corrected chi connectivity index (χ0v) is 21.5. The molecule has 1 aromatic heterocycles. The Labute approximate surface area is 207 Å². The first-order valence-electron chi connectivity index (χ1n) is 11.8. The van der Waals surface area contributed by atoms with Gasteiger partial charge in [-0.15, -0.1) is 10.2 Å². The average molecular weight is 497 g/mol. The predicted octanol–water partition coefficient (Wildman–Crippen LogP) is 4.19. The summed E-state index contributed by atoms with van der Waals surface area (Å²) in [6.07, 6.45) is 0. The van der Waals surface area contributed by atoms with Crippen LogP contribution in [0.4, 0.5) is 5.82 Å². The van der Waals surface area contributed by atoms with Gasteiger partial charge in [-0.1, -0.05) is 32.0 Å². The smallest absolute Gasteiger partial charge is 0.246 e. The normalized spacial score (nSPS) is 14.8. The molecule has 1 saturated heterocycles. The number of anilines is 1. The third kappa shape index (κ3) is 5.41. The molecule has 35 heavy (non-hydrogen) atoms. The highest BCUT2D eigenvalue weighted by Crippen LogP contribution is 2.31. The fraction of sp³-hybridized carbons (Fsp3) is 0.385. The Morgan fingerprint density at radius 2 is 1.74 bits per heavy atom. The number of ether oxygens (including phenoxy) is 2. The van der Waals surface area contributed by atoms with E-state index in [4.69, 9.17) is 9.47 Å². The lowest BCUT2D eigenvalue weighted by Crippen LogP contribution is -2.49. The highest BCUT2D eigenvalue weighted by atomic mass is 32.2. The molecule has 0 atom stereocenters. The van der Waals surface area contributed by atoms with Crippen LogP contribution in [0.15, 0.2) is 59.5 Å². The minimum absolute atomic E-state index is 0.218. The van der Waals surface area contributed by atoms with Gasteiger partial charge in [-0.2, -0.15) is 4.31 Å². The summed E-state index contributed by atoms with van der Waals surface area (Å²) in [5.41, 5.74) is 2.65. The second kappa shape index (κ2) is 10.6. The molecule has 4 rings (SSSR count). The zero-order valence-electron chi connectivity index (χ0n) is 20.6. The summed E-state index contributed by atoms with van der Waals surface area (Å²) in [6.45, 7) is 8.13. The quantitative estimate of drug-likeness (QED) is 0.462. The Bertz CT molecular complexity index is 1250. The average Bonchev–Trinajstić information content (AvgIpc) is 2.89. The molecule has 0 amide bonds. The Morgan fingerprint density at radius 1 is 0.971 bits per heavy atom. The van der Waals surface area contributed by atoms with Crippen molar-refractivity contribution in [1.82, 2.24) is 14.5 Å². The van der Waals surface area contributed by atoms with Crippen molar-refractivity contribution < 1.29 is 17.9 Å². The molecular formula is C26H32N4O4S. The van der Waals surface area contributed by atoms with E-state index < -0.39 is 10.0 Å². The van der Waals surface area contributed by atoms with Crippen LogP contribution >= 0.6 is 0 Å². The fourth-order valence-electron chi connectivity index (χ4n) is 4.09. The van der Waals surface area contributed by atoms with Crippen molar-refractivity contribution in [2.75, 3.05) is 44.8 Å². The van der Waals surface area contributed by atoms with E-state index in [2.05, 4.69) is 15.1 Å². The van der Waals surface area contributed by atoms with Gasteiger partial charge in [-0.05, 0) is 54.8 Å². The van der Waals surface area contributed by atoms with Crippen LogP contribution in [0.3, 0.4) is 0 Å². The Morgan fingerprint density at radius 3 is 2.37 bits per heavy atom. The van der Waals surface area contributed by atoms with Crippen LogP contribution < -0.4 is 14.4 Å². The molecule has 0 unspecified atom stereocenters. The SMILES string of the molecule is CCOc1ccc(C(C)C)cc1S(=O)(=O)N1CCN(c2ccc(-c3cccc(OC)c3)nn2)CC1. The number of piperazine rings is 1. The molecule has 2 aromatic carbocycles. The summed E-state index contributed by atoms with van der Waals surface area (Å²) in [5.74, 6) is 2.11. The Balaban J connectivity index is 1.48. The predicted molar refractivity (Wildman–Crippen MR) is 137 cm³/mol. The fourth-order valence-corrected chi connectivity index (χ4v) is 5.68. The van der Waals surface area contributed by atoms with Crippen molar-refractivity contribution in [3.8, 4) is 22.8 Å². The maximum atomic E-state index is 13.5. The molecule has 0 saturated carbocycles. The second-order valence-electron chi connectivity index (χ2n) is 8.69. The molecule has 0 N–H and O–H groups in total. The molecule has 1 fully saturated rings. The van der Waals surface area contributed by atoms with E-state index in [9.17, 15) is 8.42 Å². The molecule has 0 radical (unpaired) electrons. The third-order valence-corrected chi connectivity index (χ3v) is 8.05. The van der Waals surface area contributed by atoms with E-state index >= 15 is 0 Å². The van der Waals surface area contributed by atoms with Gasteiger partial charge >= 0.3 is 0 Å². The Hall–Kier alpha value is -3.17. The monoisotopic (exact) mass is 496 g/mol. The van der Waals surface area contributed by atoms with Gasteiger partial charge in [0, 0.05) is 31.7 Å². The highest BCUT2D eigenvalue weighted by molar-refractivity contribution is 7.89. The van der Waals surface area contributed by atoms with Crippen LogP contribution in [0.5, 0.6) is 11.5 Å². The lowest BCUT2D eigenvalue weighted by atomic mass is 10.0. The van der Waals surface area contributed by atoms with Crippen LogP contribution in [0.25, 0.3) is 11.3 Å². The molecule has 186 valence electrons. The Kier molecular flexibility index (Phi) is 7.57. The van der Waals surface area contributed by atoms with E-state index in [1.165, 1.54) is 4.31 Å². The second-order valence-corrected chi connectivity index (χ2v) is 10.6. The first-order chi connectivity index (χ1) is 16.8. The summed E-state index contributed by atoms with van der Waals surface area (Å²) in [4.78, 5) is 2.30. The summed E-state index contributed by atoms with van der Waals surface area (Å²) < 4.78 is 39.6. The van der Waals surface area contributed by atoms with Crippen molar-refractivity contribution in [3.05, 3.63) is 60.2 Å². The van der Waals surface area contributed by atoms with Gasteiger partial charge in [0.05, 0.1) is 19.4 Å². The van der Waals surface area contributed by atoms with Crippen molar-refractivity contribution in [1.29, 1.82) is 0 Å². The van der Waals surface area contributed by atoms with Crippen molar-refractivity contribution >= 4 is 15.8 Å². The number of hydrogen-bond donors (Lipinski definition) is 0. The van der Waals surface area contributed by atoms with Gasteiger partial charge in [0.15, 0.2) is 5.82 Å². The van der Waals surface area contributed by atoms with Gasteiger partial charge in [0.1, 0.15) is 16.4 Å². The van der Waals surface area contributed by atoms with E-state index in [1.807, 2.05) is 63.2 Å². The van der Waals surface area contributed by atoms with Gasteiger partial charge in [-0.3, -0.25) is 0 Å². The molecule has 0 spiro atoms. The number of sulfonamides is 1. The first kappa shape index (κ1) is 24.9. The topological polar surface area (TPSA) is 84.9 Å². The van der Waals surface area contributed by atoms with Crippen LogP contribution in [-0.4, -0.2) is 62.8 Å². The van der Waals surface area contributed by atoms with Crippen molar-refractivity contribution in [2.45, 2.75) is 31.6 Å². The minimum atomic E-state index is -3.69. The number of benzene rings is 2. The molecule has 1 aliphatic rings.